The predicted octanol–water partition coefficient (Wildman–Crippen LogP) is 3.37. The van der Waals surface area contributed by atoms with Crippen LogP contribution >= 0.6 is 0 Å². The SMILES string of the molecule is Cc1c(C(N)=O)nc(-c2cc(-c3cncc(N4CCOCC4)c3)ccn2)n1C1CCCC1. The number of hydrogen-bond acceptors (Lipinski definition) is 6. The van der Waals surface area contributed by atoms with Gasteiger partial charge in [0.15, 0.2) is 5.82 Å². The number of hydrogen-bond donors (Lipinski definition) is 1. The molecule has 3 aromatic heterocycles. The lowest BCUT2D eigenvalue weighted by molar-refractivity contribution is 0.0995. The van der Waals surface area contributed by atoms with Crippen LogP contribution in [0.15, 0.2) is 36.8 Å². The highest BCUT2D eigenvalue weighted by Gasteiger charge is 2.27. The molecule has 8 heteroatoms. The van der Waals surface area contributed by atoms with Crippen molar-refractivity contribution in [2.24, 2.45) is 5.73 Å². The molecule has 166 valence electrons. The first kappa shape index (κ1) is 20.6. The van der Waals surface area contributed by atoms with E-state index in [-0.39, 0.29) is 0 Å². The average molecular weight is 433 g/mol. The Morgan fingerprint density at radius 3 is 2.66 bits per heavy atom. The van der Waals surface area contributed by atoms with Gasteiger partial charge in [0.05, 0.1) is 25.1 Å². The molecule has 2 aliphatic rings. The molecule has 0 radical (unpaired) electrons. The van der Waals surface area contributed by atoms with Crippen LogP contribution in [0.1, 0.15) is 47.9 Å². The summed E-state index contributed by atoms with van der Waals surface area (Å²) < 4.78 is 7.64. The second kappa shape index (κ2) is 8.70. The Hall–Kier alpha value is -3.26. The van der Waals surface area contributed by atoms with Gasteiger partial charge in [-0.3, -0.25) is 14.8 Å². The van der Waals surface area contributed by atoms with Gasteiger partial charge in [0.25, 0.3) is 5.91 Å². The number of nitrogens with zero attached hydrogens (tertiary/aromatic N) is 5. The molecule has 8 nitrogen and oxygen atoms in total. The molecule has 1 amide bonds. The van der Waals surface area contributed by atoms with E-state index in [0.717, 1.165) is 67.3 Å². The van der Waals surface area contributed by atoms with Crippen LogP contribution in [0.5, 0.6) is 0 Å². The summed E-state index contributed by atoms with van der Waals surface area (Å²) in [6, 6.07) is 6.48. The molecule has 5 rings (SSSR count). The zero-order valence-corrected chi connectivity index (χ0v) is 18.3. The molecule has 0 atom stereocenters. The van der Waals surface area contributed by atoms with Crippen molar-refractivity contribution >= 4 is 11.6 Å². The molecule has 0 spiro atoms. The van der Waals surface area contributed by atoms with Crippen LogP contribution in [0, 0.1) is 6.92 Å². The van der Waals surface area contributed by atoms with Gasteiger partial charge in [-0.1, -0.05) is 12.8 Å². The Bertz CT molecular complexity index is 1130. The van der Waals surface area contributed by atoms with Gasteiger partial charge in [0.1, 0.15) is 11.4 Å². The molecule has 0 aromatic carbocycles. The Balaban J connectivity index is 1.54. The molecule has 1 saturated carbocycles. The third-order valence-corrected chi connectivity index (χ3v) is 6.50. The zero-order valence-electron chi connectivity index (χ0n) is 18.3. The van der Waals surface area contributed by atoms with E-state index in [9.17, 15) is 4.79 Å². The summed E-state index contributed by atoms with van der Waals surface area (Å²) in [5.74, 6) is 0.210. The lowest BCUT2D eigenvalue weighted by Crippen LogP contribution is -2.36. The highest BCUT2D eigenvalue weighted by molar-refractivity contribution is 5.92. The Kier molecular flexibility index (Phi) is 5.61. The van der Waals surface area contributed by atoms with Crippen LogP contribution in [0.25, 0.3) is 22.6 Å². The number of carbonyl (C=O) groups is 1. The summed E-state index contributed by atoms with van der Waals surface area (Å²) >= 11 is 0. The molecule has 2 N–H and O–H groups in total. The molecule has 0 unspecified atom stereocenters. The highest BCUT2D eigenvalue weighted by atomic mass is 16.5. The average Bonchev–Trinajstić information content (AvgIpc) is 3.47. The summed E-state index contributed by atoms with van der Waals surface area (Å²) in [4.78, 5) is 28.0. The van der Waals surface area contributed by atoms with Gasteiger partial charge in [-0.15, -0.1) is 0 Å². The number of ether oxygens (including phenoxy) is 1. The molecule has 1 aliphatic heterocycles. The molecule has 1 saturated heterocycles. The van der Waals surface area contributed by atoms with Gasteiger partial charge in [-0.25, -0.2) is 4.98 Å². The fourth-order valence-electron chi connectivity index (χ4n) is 4.85. The fraction of sp³-hybridized carbons (Fsp3) is 0.417. The summed E-state index contributed by atoms with van der Waals surface area (Å²) in [6.45, 7) is 5.11. The third kappa shape index (κ3) is 3.86. The van der Waals surface area contributed by atoms with E-state index < -0.39 is 5.91 Å². The first-order chi connectivity index (χ1) is 15.6. The minimum absolute atomic E-state index is 0.322. The number of morpholine rings is 1. The number of aromatic nitrogens is 4. The summed E-state index contributed by atoms with van der Waals surface area (Å²) in [5, 5.41) is 0. The van der Waals surface area contributed by atoms with Crippen LogP contribution in [0.4, 0.5) is 5.69 Å². The summed E-state index contributed by atoms with van der Waals surface area (Å²) in [6.07, 6.45) is 10.1. The molecular weight excluding hydrogens is 404 g/mol. The smallest absolute Gasteiger partial charge is 0.269 e. The summed E-state index contributed by atoms with van der Waals surface area (Å²) in [5.41, 5.74) is 10.6. The van der Waals surface area contributed by atoms with Gasteiger partial charge < -0.3 is 19.9 Å². The Morgan fingerprint density at radius 2 is 1.91 bits per heavy atom. The quantitative estimate of drug-likeness (QED) is 0.664. The minimum Gasteiger partial charge on any atom is -0.378 e. The lowest BCUT2D eigenvalue weighted by Gasteiger charge is -2.28. The normalized spacial score (nSPS) is 17.1. The molecular formula is C24H28N6O2. The largest absolute Gasteiger partial charge is 0.378 e. The number of rotatable bonds is 5. The van der Waals surface area contributed by atoms with Gasteiger partial charge >= 0.3 is 0 Å². The number of carbonyl (C=O) groups excluding carboxylic acids is 1. The predicted molar refractivity (Wildman–Crippen MR) is 122 cm³/mol. The molecule has 4 heterocycles. The number of anilines is 1. The van der Waals surface area contributed by atoms with Crippen molar-refractivity contribution in [1.82, 2.24) is 19.5 Å². The van der Waals surface area contributed by atoms with E-state index in [0.29, 0.717) is 17.6 Å². The van der Waals surface area contributed by atoms with Gasteiger partial charge in [0.2, 0.25) is 0 Å². The Labute approximate surface area is 187 Å². The van der Waals surface area contributed by atoms with Gasteiger partial charge in [0, 0.05) is 42.8 Å². The first-order valence-corrected chi connectivity index (χ1v) is 11.2. The first-order valence-electron chi connectivity index (χ1n) is 11.2. The van der Waals surface area contributed by atoms with Crippen molar-refractivity contribution in [2.45, 2.75) is 38.6 Å². The van der Waals surface area contributed by atoms with Crippen LogP contribution in [-0.4, -0.2) is 51.7 Å². The number of imidazole rings is 1. The maximum atomic E-state index is 12.0. The zero-order chi connectivity index (χ0) is 22.1. The number of pyridine rings is 2. The molecule has 1 aliphatic carbocycles. The second-order valence-electron chi connectivity index (χ2n) is 8.50. The van der Waals surface area contributed by atoms with Gasteiger partial charge in [-0.2, -0.15) is 0 Å². The van der Waals surface area contributed by atoms with E-state index in [4.69, 9.17) is 10.5 Å². The van der Waals surface area contributed by atoms with Crippen molar-refractivity contribution in [3.05, 3.63) is 48.2 Å². The summed E-state index contributed by atoms with van der Waals surface area (Å²) in [7, 11) is 0. The standard InChI is InChI=1S/C24H28N6O2/c1-16-22(23(25)31)28-24(30(16)19-4-2-3-5-19)21-13-17(6-7-27-21)18-12-20(15-26-14-18)29-8-10-32-11-9-29/h6-7,12-15,19H,2-5,8-11H2,1H3,(H2,25,31). The number of nitrogens with two attached hydrogens (primary N) is 1. The molecule has 32 heavy (non-hydrogen) atoms. The van der Waals surface area contributed by atoms with E-state index >= 15 is 0 Å². The van der Waals surface area contributed by atoms with Crippen molar-refractivity contribution < 1.29 is 9.53 Å². The lowest BCUT2D eigenvalue weighted by atomic mass is 10.1. The van der Waals surface area contributed by atoms with Crippen molar-refractivity contribution in [3.63, 3.8) is 0 Å². The third-order valence-electron chi connectivity index (χ3n) is 6.50. The minimum atomic E-state index is -0.501. The monoisotopic (exact) mass is 432 g/mol. The van der Waals surface area contributed by atoms with Crippen molar-refractivity contribution in [2.75, 3.05) is 31.2 Å². The molecule has 0 bridgehead atoms. The molecule has 2 fully saturated rings. The van der Waals surface area contributed by atoms with Crippen LogP contribution in [-0.2, 0) is 4.74 Å². The van der Waals surface area contributed by atoms with E-state index in [2.05, 4.69) is 30.5 Å². The fourth-order valence-corrected chi connectivity index (χ4v) is 4.85. The Morgan fingerprint density at radius 1 is 1.12 bits per heavy atom. The van der Waals surface area contributed by atoms with Crippen LogP contribution < -0.4 is 10.6 Å². The topological polar surface area (TPSA) is 99.2 Å². The maximum Gasteiger partial charge on any atom is 0.269 e. The number of primary amides is 1. The van der Waals surface area contributed by atoms with Gasteiger partial charge in [-0.05, 0) is 43.5 Å². The van der Waals surface area contributed by atoms with E-state index in [1.165, 1.54) is 12.8 Å². The van der Waals surface area contributed by atoms with Crippen LogP contribution in [0.3, 0.4) is 0 Å². The van der Waals surface area contributed by atoms with E-state index in [1.807, 2.05) is 31.5 Å². The number of amides is 1. The van der Waals surface area contributed by atoms with Crippen molar-refractivity contribution in [3.8, 4) is 22.6 Å². The van der Waals surface area contributed by atoms with E-state index in [1.54, 1.807) is 6.20 Å². The van der Waals surface area contributed by atoms with Crippen molar-refractivity contribution in [1.29, 1.82) is 0 Å². The highest BCUT2D eigenvalue weighted by Crippen LogP contribution is 2.36. The molecule has 3 aromatic rings. The van der Waals surface area contributed by atoms with Crippen LogP contribution in [0.2, 0.25) is 0 Å². The second-order valence-corrected chi connectivity index (χ2v) is 8.50. The maximum absolute atomic E-state index is 12.0.